The zero-order valence-electron chi connectivity index (χ0n) is 9.81. The Hall–Kier alpha value is -1.60. The molecule has 16 heavy (non-hydrogen) atoms. The molecular formula is C12H17N3O. The molecule has 0 unspecified atom stereocenters. The number of likely N-dealkylation sites (N-methyl/N-ethyl adjacent to an activating group) is 1. The standard InChI is InChI=1S/C12H17N3O/c1-3-15(8-9-16-4-2)12-6-5-7-14-11(12)10-13/h5-7H,3-4,8-9H2,1-2H3. The quantitative estimate of drug-likeness (QED) is 0.685. The highest BCUT2D eigenvalue weighted by Gasteiger charge is 2.09. The Labute approximate surface area is 96.5 Å². The van der Waals surface area contributed by atoms with Crippen LogP contribution in [0.5, 0.6) is 0 Å². The molecule has 0 aliphatic rings. The summed E-state index contributed by atoms with van der Waals surface area (Å²) in [6.45, 7) is 7.04. The van der Waals surface area contributed by atoms with Gasteiger partial charge >= 0.3 is 0 Å². The molecule has 0 aromatic carbocycles. The van der Waals surface area contributed by atoms with E-state index >= 15 is 0 Å². The molecule has 1 heterocycles. The van der Waals surface area contributed by atoms with Gasteiger partial charge in [-0.05, 0) is 26.0 Å². The van der Waals surface area contributed by atoms with Crippen LogP contribution >= 0.6 is 0 Å². The summed E-state index contributed by atoms with van der Waals surface area (Å²) >= 11 is 0. The lowest BCUT2D eigenvalue weighted by Crippen LogP contribution is -2.28. The summed E-state index contributed by atoms with van der Waals surface area (Å²) in [5.74, 6) is 0. The minimum Gasteiger partial charge on any atom is -0.380 e. The Kier molecular flexibility index (Phi) is 5.30. The van der Waals surface area contributed by atoms with Gasteiger partial charge in [-0.25, -0.2) is 4.98 Å². The van der Waals surface area contributed by atoms with E-state index in [1.165, 1.54) is 0 Å². The number of pyridine rings is 1. The molecule has 0 amide bonds. The lowest BCUT2D eigenvalue weighted by molar-refractivity contribution is 0.154. The third-order valence-corrected chi connectivity index (χ3v) is 2.32. The monoisotopic (exact) mass is 219 g/mol. The highest BCUT2D eigenvalue weighted by Crippen LogP contribution is 2.16. The molecule has 0 fully saturated rings. The first-order valence-corrected chi connectivity index (χ1v) is 5.51. The smallest absolute Gasteiger partial charge is 0.163 e. The van der Waals surface area contributed by atoms with Gasteiger partial charge in [-0.2, -0.15) is 5.26 Å². The number of anilines is 1. The fraction of sp³-hybridized carbons (Fsp3) is 0.500. The van der Waals surface area contributed by atoms with Crippen molar-refractivity contribution in [2.45, 2.75) is 13.8 Å². The zero-order chi connectivity index (χ0) is 11.8. The van der Waals surface area contributed by atoms with Crippen LogP contribution < -0.4 is 4.90 Å². The molecule has 1 rings (SSSR count). The van der Waals surface area contributed by atoms with E-state index < -0.39 is 0 Å². The molecule has 0 aliphatic heterocycles. The fourth-order valence-corrected chi connectivity index (χ4v) is 1.51. The lowest BCUT2D eigenvalue weighted by Gasteiger charge is -2.23. The summed E-state index contributed by atoms with van der Waals surface area (Å²) in [5, 5.41) is 8.96. The molecule has 4 nitrogen and oxygen atoms in total. The van der Waals surface area contributed by atoms with Crippen LogP contribution in [0.3, 0.4) is 0 Å². The third-order valence-electron chi connectivity index (χ3n) is 2.32. The Morgan fingerprint density at radius 2 is 2.31 bits per heavy atom. The molecule has 0 bridgehead atoms. The predicted octanol–water partition coefficient (Wildman–Crippen LogP) is 1.82. The average molecular weight is 219 g/mol. The fourth-order valence-electron chi connectivity index (χ4n) is 1.51. The highest BCUT2D eigenvalue weighted by molar-refractivity contribution is 5.55. The van der Waals surface area contributed by atoms with Gasteiger partial charge in [0.15, 0.2) is 5.69 Å². The van der Waals surface area contributed by atoms with Crippen LogP contribution in [-0.2, 0) is 4.74 Å². The summed E-state index contributed by atoms with van der Waals surface area (Å²) in [5.41, 5.74) is 1.35. The SMILES string of the molecule is CCOCCN(CC)c1cccnc1C#N. The number of rotatable bonds is 6. The van der Waals surface area contributed by atoms with Crippen molar-refractivity contribution in [2.75, 3.05) is 31.2 Å². The van der Waals surface area contributed by atoms with Gasteiger partial charge in [-0.15, -0.1) is 0 Å². The summed E-state index contributed by atoms with van der Waals surface area (Å²) in [6.07, 6.45) is 1.64. The van der Waals surface area contributed by atoms with Crippen molar-refractivity contribution in [3.8, 4) is 6.07 Å². The molecule has 0 saturated heterocycles. The Balaban J connectivity index is 2.74. The normalized spacial score (nSPS) is 9.81. The van der Waals surface area contributed by atoms with Crippen LogP contribution in [0.4, 0.5) is 5.69 Å². The van der Waals surface area contributed by atoms with Crippen molar-refractivity contribution >= 4 is 5.69 Å². The van der Waals surface area contributed by atoms with Gasteiger partial charge in [0.1, 0.15) is 6.07 Å². The van der Waals surface area contributed by atoms with Crippen molar-refractivity contribution < 1.29 is 4.74 Å². The van der Waals surface area contributed by atoms with Crippen molar-refractivity contribution in [3.05, 3.63) is 24.0 Å². The van der Waals surface area contributed by atoms with Gasteiger partial charge < -0.3 is 9.64 Å². The first-order chi connectivity index (χ1) is 7.83. The molecule has 1 aromatic heterocycles. The van der Waals surface area contributed by atoms with Gasteiger partial charge in [0.25, 0.3) is 0 Å². The van der Waals surface area contributed by atoms with E-state index in [-0.39, 0.29) is 0 Å². The first kappa shape index (κ1) is 12.5. The van der Waals surface area contributed by atoms with E-state index in [2.05, 4.69) is 22.9 Å². The van der Waals surface area contributed by atoms with Crippen molar-refractivity contribution in [2.24, 2.45) is 0 Å². The Bertz CT molecular complexity index is 360. The second kappa shape index (κ2) is 6.81. The van der Waals surface area contributed by atoms with Gasteiger partial charge in [-0.3, -0.25) is 0 Å². The van der Waals surface area contributed by atoms with Crippen molar-refractivity contribution in [3.63, 3.8) is 0 Å². The second-order valence-corrected chi connectivity index (χ2v) is 3.26. The molecule has 0 atom stereocenters. The van der Waals surface area contributed by atoms with Crippen LogP contribution in [-0.4, -0.2) is 31.3 Å². The van der Waals surface area contributed by atoms with E-state index in [0.29, 0.717) is 12.3 Å². The summed E-state index contributed by atoms with van der Waals surface area (Å²) in [7, 11) is 0. The van der Waals surface area contributed by atoms with Gasteiger partial charge in [0.2, 0.25) is 0 Å². The largest absolute Gasteiger partial charge is 0.380 e. The van der Waals surface area contributed by atoms with E-state index in [4.69, 9.17) is 10.00 Å². The maximum absolute atomic E-state index is 8.96. The number of hydrogen-bond donors (Lipinski definition) is 0. The molecule has 0 radical (unpaired) electrons. The summed E-state index contributed by atoms with van der Waals surface area (Å²) in [4.78, 5) is 6.15. The topological polar surface area (TPSA) is 49.1 Å². The molecule has 4 heteroatoms. The van der Waals surface area contributed by atoms with Gasteiger partial charge in [0, 0.05) is 25.9 Å². The van der Waals surface area contributed by atoms with E-state index in [9.17, 15) is 0 Å². The molecule has 86 valence electrons. The van der Waals surface area contributed by atoms with Crippen molar-refractivity contribution in [1.29, 1.82) is 5.26 Å². The van der Waals surface area contributed by atoms with Crippen LogP contribution in [0.2, 0.25) is 0 Å². The van der Waals surface area contributed by atoms with Crippen LogP contribution in [0.15, 0.2) is 18.3 Å². The maximum atomic E-state index is 8.96. The zero-order valence-corrected chi connectivity index (χ0v) is 9.81. The molecule has 0 N–H and O–H groups in total. The number of ether oxygens (including phenoxy) is 1. The van der Waals surface area contributed by atoms with Gasteiger partial charge in [-0.1, -0.05) is 0 Å². The number of nitriles is 1. The lowest BCUT2D eigenvalue weighted by atomic mass is 10.2. The molecule has 1 aromatic rings. The Morgan fingerprint density at radius 3 is 2.94 bits per heavy atom. The predicted molar refractivity (Wildman–Crippen MR) is 63.3 cm³/mol. The van der Waals surface area contributed by atoms with Crippen LogP contribution in [0.1, 0.15) is 19.5 Å². The minimum atomic E-state index is 0.473. The molecular weight excluding hydrogens is 202 g/mol. The third kappa shape index (κ3) is 3.21. The van der Waals surface area contributed by atoms with Crippen LogP contribution in [0.25, 0.3) is 0 Å². The average Bonchev–Trinajstić information content (AvgIpc) is 2.35. The first-order valence-electron chi connectivity index (χ1n) is 5.51. The summed E-state index contributed by atoms with van der Waals surface area (Å²) in [6, 6.07) is 5.87. The molecule has 0 aliphatic carbocycles. The van der Waals surface area contributed by atoms with E-state index in [0.717, 1.165) is 25.4 Å². The number of aromatic nitrogens is 1. The molecule has 0 saturated carbocycles. The van der Waals surface area contributed by atoms with E-state index in [1.54, 1.807) is 6.20 Å². The minimum absolute atomic E-state index is 0.473. The van der Waals surface area contributed by atoms with Gasteiger partial charge in [0.05, 0.1) is 12.3 Å². The second-order valence-electron chi connectivity index (χ2n) is 3.26. The van der Waals surface area contributed by atoms with E-state index in [1.807, 2.05) is 19.1 Å². The highest BCUT2D eigenvalue weighted by atomic mass is 16.5. The maximum Gasteiger partial charge on any atom is 0.163 e. The number of nitrogens with zero attached hydrogens (tertiary/aromatic N) is 3. The molecule has 0 spiro atoms. The van der Waals surface area contributed by atoms with Crippen molar-refractivity contribution in [1.82, 2.24) is 4.98 Å². The number of hydrogen-bond acceptors (Lipinski definition) is 4. The Morgan fingerprint density at radius 1 is 1.50 bits per heavy atom. The van der Waals surface area contributed by atoms with Crippen LogP contribution in [0, 0.1) is 11.3 Å². The summed E-state index contributed by atoms with van der Waals surface area (Å²) < 4.78 is 5.32.